The lowest BCUT2D eigenvalue weighted by molar-refractivity contribution is -0.141. The molecule has 1 amide bonds. The van der Waals surface area contributed by atoms with Crippen molar-refractivity contribution in [1.82, 2.24) is 19.7 Å². The van der Waals surface area contributed by atoms with E-state index in [1.54, 1.807) is 11.2 Å². The molecule has 138 valence electrons. The molecule has 0 aliphatic carbocycles. The van der Waals surface area contributed by atoms with E-state index in [0.717, 1.165) is 5.56 Å². The van der Waals surface area contributed by atoms with Crippen molar-refractivity contribution in [2.24, 2.45) is 5.92 Å². The first-order chi connectivity index (χ1) is 12.5. The number of thioether (sulfide) groups is 1. The third kappa shape index (κ3) is 3.90. The summed E-state index contributed by atoms with van der Waals surface area (Å²) in [5.74, 6) is -1.47. The van der Waals surface area contributed by atoms with E-state index in [-0.39, 0.29) is 30.2 Å². The van der Waals surface area contributed by atoms with Crippen molar-refractivity contribution in [3.05, 3.63) is 42.2 Å². The summed E-state index contributed by atoms with van der Waals surface area (Å²) in [5.41, 5.74) is 0.961. The quantitative estimate of drug-likeness (QED) is 0.781. The van der Waals surface area contributed by atoms with E-state index in [4.69, 9.17) is 0 Å². The molecular weight excluding hydrogens is 352 g/mol. The fraction of sp³-hybridized carbons (Fsp3) is 0.444. The van der Waals surface area contributed by atoms with Crippen LogP contribution in [0.4, 0.5) is 0 Å². The number of likely N-dealkylation sites (tertiary alicyclic amines) is 1. The Bertz CT molecular complexity index is 778. The highest BCUT2D eigenvalue weighted by Gasteiger charge is 2.40. The molecule has 1 fully saturated rings. The van der Waals surface area contributed by atoms with Gasteiger partial charge in [-0.15, -0.1) is 10.2 Å². The molecule has 2 atom stereocenters. The summed E-state index contributed by atoms with van der Waals surface area (Å²) in [5, 5.41) is 18.2. The molecule has 0 radical (unpaired) electrons. The first kappa shape index (κ1) is 18.4. The number of aliphatic carboxylic acids is 1. The molecule has 1 aromatic carbocycles. The number of benzene rings is 1. The predicted molar refractivity (Wildman–Crippen MR) is 98.0 cm³/mol. The van der Waals surface area contributed by atoms with E-state index >= 15 is 0 Å². The lowest BCUT2D eigenvalue weighted by Gasteiger charge is -2.16. The van der Waals surface area contributed by atoms with Gasteiger partial charge in [0.25, 0.3) is 0 Å². The Hall–Kier alpha value is -2.35. The molecule has 26 heavy (non-hydrogen) atoms. The van der Waals surface area contributed by atoms with Gasteiger partial charge in [0.2, 0.25) is 5.91 Å². The molecule has 7 nitrogen and oxygen atoms in total. The second-order valence-corrected chi connectivity index (χ2v) is 7.61. The zero-order chi connectivity index (χ0) is 18.7. The summed E-state index contributed by atoms with van der Waals surface area (Å²) in [6, 6.07) is 9.76. The number of rotatable bonds is 6. The molecule has 1 aliphatic rings. The SMILES string of the molecule is CC(C)n1cnnc1SCC(=O)N1CC(C(=O)O)C(c2ccccc2)C1. The van der Waals surface area contributed by atoms with Gasteiger partial charge in [0.1, 0.15) is 6.33 Å². The first-order valence-corrected chi connectivity index (χ1v) is 9.53. The van der Waals surface area contributed by atoms with Crippen LogP contribution < -0.4 is 0 Å². The van der Waals surface area contributed by atoms with E-state index < -0.39 is 11.9 Å². The fourth-order valence-electron chi connectivity index (χ4n) is 3.20. The van der Waals surface area contributed by atoms with E-state index in [9.17, 15) is 14.7 Å². The van der Waals surface area contributed by atoms with Crippen molar-refractivity contribution >= 4 is 23.6 Å². The number of hydrogen-bond donors (Lipinski definition) is 1. The van der Waals surface area contributed by atoms with Gasteiger partial charge in [-0.05, 0) is 19.4 Å². The van der Waals surface area contributed by atoms with Crippen molar-refractivity contribution in [2.45, 2.75) is 31.0 Å². The zero-order valence-corrected chi connectivity index (χ0v) is 15.6. The molecule has 2 heterocycles. The van der Waals surface area contributed by atoms with Gasteiger partial charge in [0, 0.05) is 25.0 Å². The van der Waals surface area contributed by atoms with E-state index in [2.05, 4.69) is 10.2 Å². The fourth-order valence-corrected chi connectivity index (χ4v) is 4.15. The number of hydrogen-bond acceptors (Lipinski definition) is 5. The van der Waals surface area contributed by atoms with Crippen LogP contribution in [0.25, 0.3) is 0 Å². The number of carbonyl (C=O) groups is 2. The van der Waals surface area contributed by atoms with Crippen LogP contribution >= 0.6 is 11.8 Å². The number of nitrogens with zero attached hydrogens (tertiary/aromatic N) is 4. The smallest absolute Gasteiger partial charge is 0.308 e. The van der Waals surface area contributed by atoms with Crippen LogP contribution in [0.1, 0.15) is 31.4 Å². The molecule has 0 saturated carbocycles. The Kier molecular flexibility index (Phi) is 5.61. The van der Waals surface area contributed by atoms with E-state index in [1.807, 2.05) is 48.7 Å². The molecule has 1 saturated heterocycles. The van der Waals surface area contributed by atoms with Gasteiger partial charge >= 0.3 is 5.97 Å². The monoisotopic (exact) mass is 374 g/mol. The molecule has 1 aromatic heterocycles. The maximum Gasteiger partial charge on any atom is 0.308 e. The predicted octanol–water partition coefficient (Wildman–Crippen LogP) is 2.28. The number of carboxylic acid groups (broad SMARTS) is 1. The molecule has 2 aromatic rings. The van der Waals surface area contributed by atoms with Gasteiger partial charge in [-0.1, -0.05) is 42.1 Å². The van der Waals surface area contributed by atoms with Crippen molar-refractivity contribution in [1.29, 1.82) is 0 Å². The number of carbonyl (C=O) groups excluding carboxylic acids is 1. The van der Waals surface area contributed by atoms with Gasteiger partial charge in [-0.3, -0.25) is 9.59 Å². The van der Waals surface area contributed by atoms with E-state index in [1.165, 1.54) is 11.8 Å². The number of amides is 1. The summed E-state index contributed by atoms with van der Waals surface area (Å²) >= 11 is 1.33. The summed E-state index contributed by atoms with van der Waals surface area (Å²) in [6.45, 7) is 4.72. The Morgan fingerprint density at radius 3 is 2.65 bits per heavy atom. The normalized spacial score (nSPS) is 19.9. The Morgan fingerprint density at radius 2 is 2.00 bits per heavy atom. The van der Waals surface area contributed by atoms with Crippen LogP contribution in [-0.2, 0) is 9.59 Å². The second kappa shape index (κ2) is 7.90. The van der Waals surface area contributed by atoms with Crippen molar-refractivity contribution in [3.8, 4) is 0 Å². The maximum absolute atomic E-state index is 12.6. The highest BCUT2D eigenvalue weighted by atomic mass is 32.2. The maximum atomic E-state index is 12.6. The molecule has 1 aliphatic heterocycles. The Labute approximate surface area is 156 Å². The standard InChI is InChI=1S/C18H22N4O3S/c1-12(2)22-11-19-20-18(22)26-10-16(23)21-8-14(15(9-21)17(24)25)13-6-4-3-5-7-13/h3-7,11-12,14-15H,8-10H2,1-2H3,(H,24,25). The lowest BCUT2D eigenvalue weighted by Crippen LogP contribution is -2.31. The largest absolute Gasteiger partial charge is 0.481 e. The van der Waals surface area contributed by atoms with Gasteiger partial charge in [-0.2, -0.15) is 0 Å². The number of aromatic nitrogens is 3. The average Bonchev–Trinajstić information content (AvgIpc) is 3.27. The van der Waals surface area contributed by atoms with Crippen LogP contribution in [0, 0.1) is 5.92 Å². The molecular formula is C18H22N4O3S. The topological polar surface area (TPSA) is 88.3 Å². The molecule has 0 spiro atoms. The molecule has 0 bridgehead atoms. The highest BCUT2D eigenvalue weighted by Crippen LogP contribution is 2.33. The van der Waals surface area contributed by atoms with Gasteiger partial charge < -0.3 is 14.6 Å². The lowest BCUT2D eigenvalue weighted by atomic mass is 9.89. The molecule has 1 N–H and O–H groups in total. The third-order valence-electron chi connectivity index (χ3n) is 4.64. The Morgan fingerprint density at radius 1 is 1.27 bits per heavy atom. The van der Waals surface area contributed by atoms with Gasteiger partial charge in [-0.25, -0.2) is 0 Å². The minimum Gasteiger partial charge on any atom is -0.481 e. The summed E-state index contributed by atoms with van der Waals surface area (Å²) in [6.07, 6.45) is 1.65. The minimum atomic E-state index is -0.860. The zero-order valence-electron chi connectivity index (χ0n) is 14.8. The van der Waals surface area contributed by atoms with Crippen LogP contribution in [0.15, 0.2) is 41.8 Å². The van der Waals surface area contributed by atoms with Crippen molar-refractivity contribution in [2.75, 3.05) is 18.8 Å². The van der Waals surface area contributed by atoms with Crippen LogP contribution in [0.3, 0.4) is 0 Å². The third-order valence-corrected chi connectivity index (χ3v) is 5.58. The number of carboxylic acids is 1. The van der Waals surface area contributed by atoms with Gasteiger partial charge in [0.15, 0.2) is 5.16 Å². The van der Waals surface area contributed by atoms with Crippen molar-refractivity contribution < 1.29 is 14.7 Å². The van der Waals surface area contributed by atoms with Crippen LogP contribution in [-0.4, -0.2) is 55.5 Å². The summed E-state index contributed by atoms with van der Waals surface area (Å²) in [7, 11) is 0. The second-order valence-electron chi connectivity index (χ2n) is 6.66. The molecule has 3 rings (SSSR count). The molecule has 8 heteroatoms. The summed E-state index contributed by atoms with van der Waals surface area (Å²) < 4.78 is 1.91. The van der Waals surface area contributed by atoms with Gasteiger partial charge in [0.05, 0.1) is 11.7 Å². The first-order valence-electron chi connectivity index (χ1n) is 8.55. The minimum absolute atomic E-state index is 0.0713. The Balaban J connectivity index is 1.66. The van der Waals surface area contributed by atoms with E-state index in [0.29, 0.717) is 11.7 Å². The van der Waals surface area contributed by atoms with Crippen molar-refractivity contribution in [3.63, 3.8) is 0 Å². The molecule has 2 unspecified atom stereocenters. The van der Waals surface area contributed by atoms with Crippen LogP contribution in [0.2, 0.25) is 0 Å². The van der Waals surface area contributed by atoms with Crippen LogP contribution in [0.5, 0.6) is 0 Å². The average molecular weight is 374 g/mol. The highest BCUT2D eigenvalue weighted by molar-refractivity contribution is 7.99. The summed E-state index contributed by atoms with van der Waals surface area (Å²) in [4.78, 5) is 25.9.